The van der Waals surface area contributed by atoms with Crippen molar-refractivity contribution in [3.8, 4) is 0 Å². The molecule has 0 heterocycles. The summed E-state index contributed by atoms with van der Waals surface area (Å²) in [5.74, 6) is -0.439. The Kier molecular flexibility index (Phi) is 4.66. The topological polar surface area (TPSA) is 46.5 Å². The van der Waals surface area contributed by atoms with Crippen LogP contribution in [0.15, 0.2) is 24.3 Å². The molecule has 0 aromatic heterocycles. The van der Waals surface area contributed by atoms with Gasteiger partial charge in [0, 0.05) is 0 Å². The van der Waals surface area contributed by atoms with Gasteiger partial charge in [0.15, 0.2) is 0 Å². The molecule has 3 nitrogen and oxygen atoms in total. The van der Waals surface area contributed by atoms with Gasteiger partial charge in [0.25, 0.3) is 0 Å². The molecule has 2 unspecified atom stereocenters. The summed E-state index contributed by atoms with van der Waals surface area (Å²) in [6.45, 7) is 3.72. The molecule has 0 radical (unpaired) electrons. The Hall–Kier alpha value is -0.700. The van der Waals surface area contributed by atoms with Gasteiger partial charge in [-0.25, -0.2) is 4.39 Å². The highest BCUT2D eigenvalue weighted by atomic mass is 31.2. The van der Waals surface area contributed by atoms with Gasteiger partial charge in [0.1, 0.15) is 5.82 Å². The van der Waals surface area contributed by atoms with Gasteiger partial charge in [-0.1, -0.05) is 13.3 Å². The predicted octanol–water partition coefficient (Wildman–Crippen LogP) is 2.84. The third kappa shape index (κ3) is 3.71. The zero-order chi connectivity index (χ0) is 12.2. The van der Waals surface area contributed by atoms with Crippen LogP contribution in [0.4, 0.5) is 4.39 Å². The second-order valence-corrected chi connectivity index (χ2v) is 5.47. The summed E-state index contributed by atoms with van der Waals surface area (Å²) in [4.78, 5) is 9.68. The molecule has 0 spiro atoms. The molecule has 0 fully saturated rings. The van der Waals surface area contributed by atoms with Crippen molar-refractivity contribution in [3.05, 3.63) is 30.1 Å². The van der Waals surface area contributed by atoms with Gasteiger partial charge in [-0.05, 0) is 37.6 Å². The van der Waals surface area contributed by atoms with Crippen LogP contribution in [0, 0.1) is 5.82 Å². The van der Waals surface area contributed by atoms with Crippen LogP contribution in [0.2, 0.25) is 0 Å². The van der Waals surface area contributed by atoms with E-state index in [0.29, 0.717) is 6.42 Å². The molecule has 1 aromatic rings. The number of rotatable bonds is 5. The Labute approximate surface area is 94.8 Å². The smallest absolute Gasteiger partial charge is 0.321 e. The molecular weight excluding hydrogens is 230 g/mol. The van der Waals surface area contributed by atoms with Crippen LogP contribution < -0.4 is 5.30 Å². The van der Waals surface area contributed by atoms with Crippen LogP contribution in [0.3, 0.4) is 0 Å². The SMILES string of the molecule is CCCC(C)OP(=O)(O)c1ccc(F)cc1. The van der Waals surface area contributed by atoms with Crippen LogP contribution in [-0.4, -0.2) is 11.0 Å². The van der Waals surface area contributed by atoms with Crippen molar-refractivity contribution in [1.29, 1.82) is 0 Å². The first kappa shape index (κ1) is 13.4. The minimum atomic E-state index is -3.82. The zero-order valence-corrected chi connectivity index (χ0v) is 10.3. The van der Waals surface area contributed by atoms with Crippen molar-refractivity contribution in [2.24, 2.45) is 0 Å². The highest BCUT2D eigenvalue weighted by Gasteiger charge is 2.25. The maximum atomic E-state index is 12.6. The van der Waals surface area contributed by atoms with Gasteiger partial charge in [0.05, 0.1) is 11.4 Å². The van der Waals surface area contributed by atoms with E-state index >= 15 is 0 Å². The monoisotopic (exact) mass is 246 g/mol. The Morgan fingerprint density at radius 2 is 2.00 bits per heavy atom. The summed E-state index contributed by atoms with van der Waals surface area (Å²) in [5, 5.41) is 0.122. The quantitative estimate of drug-likeness (QED) is 0.812. The molecule has 0 aliphatic carbocycles. The highest BCUT2D eigenvalue weighted by Crippen LogP contribution is 2.42. The van der Waals surface area contributed by atoms with Gasteiger partial charge in [-0.2, -0.15) is 0 Å². The lowest BCUT2D eigenvalue weighted by atomic mass is 10.2. The molecule has 1 aromatic carbocycles. The Balaban J connectivity index is 2.77. The maximum Gasteiger partial charge on any atom is 0.359 e. The molecule has 16 heavy (non-hydrogen) atoms. The molecule has 5 heteroatoms. The largest absolute Gasteiger partial charge is 0.359 e. The van der Waals surface area contributed by atoms with Gasteiger partial charge in [-0.15, -0.1) is 0 Å². The van der Waals surface area contributed by atoms with Crippen LogP contribution in [0.5, 0.6) is 0 Å². The molecule has 0 aliphatic heterocycles. The summed E-state index contributed by atoms with van der Waals surface area (Å²) < 4.78 is 29.6. The van der Waals surface area contributed by atoms with Crippen LogP contribution in [-0.2, 0) is 9.09 Å². The fourth-order valence-electron chi connectivity index (χ4n) is 1.39. The number of hydrogen-bond acceptors (Lipinski definition) is 2. The standard InChI is InChI=1S/C11H16FO3P/c1-3-4-9(2)15-16(13,14)11-7-5-10(12)6-8-11/h5-9H,3-4H2,1-2H3,(H,13,14). The van der Waals surface area contributed by atoms with E-state index in [-0.39, 0.29) is 11.4 Å². The van der Waals surface area contributed by atoms with E-state index in [2.05, 4.69) is 0 Å². The van der Waals surface area contributed by atoms with Gasteiger partial charge < -0.3 is 9.42 Å². The summed E-state index contributed by atoms with van der Waals surface area (Å²) >= 11 is 0. The fraction of sp³-hybridized carbons (Fsp3) is 0.455. The van der Waals surface area contributed by atoms with E-state index in [1.165, 1.54) is 12.1 Å². The highest BCUT2D eigenvalue weighted by molar-refractivity contribution is 7.61. The average molecular weight is 246 g/mol. The summed E-state index contributed by atoms with van der Waals surface area (Å²) in [7, 11) is -3.82. The van der Waals surface area contributed by atoms with Crippen molar-refractivity contribution in [1.82, 2.24) is 0 Å². The Morgan fingerprint density at radius 1 is 1.44 bits per heavy atom. The van der Waals surface area contributed by atoms with Crippen molar-refractivity contribution >= 4 is 12.9 Å². The van der Waals surface area contributed by atoms with E-state index < -0.39 is 13.4 Å². The zero-order valence-electron chi connectivity index (χ0n) is 9.39. The average Bonchev–Trinajstić information content (AvgIpc) is 2.17. The van der Waals surface area contributed by atoms with Crippen LogP contribution in [0.25, 0.3) is 0 Å². The summed E-state index contributed by atoms with van der Waals surface area (Å²) in [6.07, 6.45) is 1.31. The molecule has 0 aliphatic rings. The molecule has 90 valence electrons. The lowest BCUT2D eigenvalue weighted by Crippen LogP contribution is -2.13. The van der Waals surface area contributed by atoms with Crippen molar-refractivity contribution in [2.75, 3.05) is 0 Å². The first-order chi connectivity index (χ1) is 7.45. The van der Waals surface area contributed by atoms with Gasteiger partial charge in [0.2, 0.25) is 0 Å². The van der Waals surface area contributed by atoms with Crippen LogP contribution in [0.1, 0.15) is 26.7 Å². The van der Waals surface area contributed by atoms with E-state index in [9.17, 15) is 13.8 Å². The molecule has 0 bridgehead atoms. The first-order valence-electron chi connectivity index (χ1n) is 5.23. The number of benzene rings is 1. The number of hydrogen-bond donors (Lipinski definition) is 1. The third-order valence-electron chi connectivity index (χ3n) is 2.17. The molecule has 0 amide bonds. The second-order valence-electron chi connectivity index (χ2n) is 3.70. The third-order valence-corrected chi connectivity index (χ3v) is 3.77. The minimum absolute atomic E-state index is 0.122. The van der Waals surface area contributed by atoms with E-state index in [1.807, 2.05) is 6.92 Å². The minimum Gasteiger partial charge on any atom is -0.321 e. The van der Waals surface area contributed by atoms with E-state index in [4.69, 9.17) is 4.52 Å². The maximum absolute atomic E-state index is 12.6. The fourth-order valence-corrected chi connectivity index (χ4v) is 2.63. The van der Waals surface area contributed by atoms with Crippen molar-refractivity contribution < 1.29 is 18.4 Å². The van der Waals surface area contributed by atoms with E-state index in [0.717, 1.165) is 18.6 Å². The molecule has 2 atom stereocenters. The second kappa shape index (κ2) is 5.58. The van der Waals surface area contributed by atoms with Crippen molar-refractivity contribution in [3.63, 3.8) is 0 Å². The summed E-state index contributed by atoms with van der Waals surface area (Å²) in [6, 6.07) is 4.83. The molecule has 0 saturated carbocycles. The molecular formula is C11H16FO3P. The van der Waals surface area contributed by atoms with Crippen molar-refractivity contribution in [2.45, 2.75) is 32.8 Å². The van der Waals surface area contributed by atoms with E-state index in [1.54, 1.807) is 6.92 Å². The summed E-state index contributed by atoms with van der Waals surface area (Å²) in [5.41, 5.74) is 0. The normalized spacial score (nSPS) is 16.8. The first-order valence-corrected chi connectivity index (χ1v) is 6.81. The lowest BCUT2D eigenvalue weighted by molar-refractivity contribution is 0.186. The lowest BCUT2D eigenvalue weighted by Gasteiger charge is -2.17. The Morgan fingerprint density at radius 3 is 2.50 bits per heavy atom. The predicted molar refractivity (Wildman–Crippen MR) is 61.3 cm³/mol. The molecule has 0 saturated heterocycles. The van der Waals surface area contributed by atoms with Gasteiger partial charge in [-0.3, -0.25) is 4.57 Å². The number of halogens is 1. The van der Waals surface area contributed by atoms with Crippen LogP contribution >= 0.6 is 7.60 Å². The van der Waals surface area contributed by atoms with Gasteiger partial charge >= 0.3 is 7.60 Å². The molecule has 1 rings (SSSR count). The Bertz CT molecular complexity index is 377. The molecule has 1 N–H and O–H groups in total.